The number of hydrogen-bond acceptors (Lipinski definition) is 5. The molecule has 1 amide bonds. The number of nitrogens with one attached hydrogen (secondary N) is 1. The molecule has 41 heavy (non-hydrogen) atoms. The molecule has 0 unspecified atom stereocenters. The highest BCUT2D eigenvalue weighted by Gasteiger charge is 2.24. The average molecular weight is 546 g/mol. The molecule has 0 saturated carbocycles. The zero-order valence-corrected chi connectivity index (χ0v) is 24.0. The second kappa shape index (κ2) is 12.1. The van der Waals surface area contributed by atoms with Crippen LogP contribution in [0.3, 0.4) is 0 Å². The van der Waals surface area contributed by atoms with E-state index in [1.807, 2.05) is 92.0 Å². The lowest BCUT2D eigenvalue weighted by molar-refractivity contribution is -0.112. The molecule has 208 valence electrons. The molecule has 3 aromatic heterocycles. The number of carbonyl (C=O) groups excluding carboxylic acids is 2. The van der Waals surface area contributed by atoms with Crippen molar-refractivity contribution >= 4 is 34.4 Å². The van der Waals surface area contributed by atoms with Crippen LogP contribution in [0, 0.1) is 13.8 Å². The van der Waals surface area contributed by atoms with E-state index < -0.39 is 11.7 Å². The van der Waals surface area contributed by atoms with E-state index in [1.165, 1.54) is 5.56 Å². The molecule has 0 aliphatic carbocycles. The molecule has 0 fully saturated rings. The zero-order valence-electron chi connectivity index (χ0n) is 24.0. The lowest BCUT2D eigenvalue weighted by Crippen LogP contribution is -2.26. The number of fused-ring (bicyclic) bond motifs is 1. The Bertz CT molecular complexity index is 1660. The number of Topliss-reactive ketones (excluding diaryl/α,β-unsaturated/α-hetero) is 1. The van der Waals surface area contributed by atoms with Crippen molar-refractivity contribution in [3.05, 3.63) is 114 Å². The van der Waals surface area contributed by atoms with E-state index in [0.717, 1.165) is 53.4 Å². The van der Waals surface area contributed by atoms with Gasteiger partial charge in [-0.15, -0.1) is 0 Å². The summed E-state index contributed by atoms with van der Waals surface area (Å²) in [5.41, 5.74) is 6.66. The summed E-state index contributed by atoms with van der Waals surface area (Å²) in [6.45, 7) is 5.86. The van der Waals surface area contributed by atoms with Gasteiger partial charge in [0.15, 0.2) is 0 Å². The number of aryl methyl sites for hydroxylation is 2. The van der Waals surface area contributed by atoms with Crippen molar-refractivity contribution in [1.29, 1.82) is 0 Å². The largest absolute Gasteiger partial charge is 0.375 e. The fourth-order valence-electron chi connectivity index (χ4n) is 5.09. The van der Waals surface area contributed by atoms with Gasteiger partial charge in [-0.3, -0.25) is 9.59 Å². The van der Waals surface area contributed by atoms with E-state index in [-0.39, 0.29) is 0 Å². The van der Waals surface area contributed by atoms with Crippen LogP contribution in [-0.2, 0) is 4.79 Å². The Morgan fingerprint density at radius 3 is 2.27 bits per heavy atom. The molecule has 7 nitrogen and oxygen atoms in total. The number of amides is 1. The minimum atomic E-state index is -0.671. The van der Waals surface area contributed by atoms with Crippen LogP contribution in [0.1, 0.15) is 28.2 Å². The summed E-state index contributed by atoms with van der Waals surface area (Å²) in [6, 6.07) is 29.0. The zero-order chi connectivity index (χ0) is 28.9. The Kier molecular flexibility index (Phi) is 8.15. The van der Waals surface area contributed by atoms with E-state index in [0.29, 0.717) is 11.4 Å². The Morgan fingerprint density at radius 2 is 1.54 bits per heavy atom. The normalized spacial score (nSPS) is 10.9. The number of aromatic nitrogens is 2. The summed E-state index contributed by atoms with van der Waals surface area (Å²) in [5, 5.41) is 2.79. The fraction of sp³-hybridized carbons (Fsp3) is 0.206. The maximum absolute atomic E-state index is 13.5. The van der Waals surface area contributed by atoms with Crippen molar-refractivity contribution in [2.45, 2.75) is 20.3 Å². The molecule has 0 atom stereocenters. The van der Waals surface area contributed by atoms with Gasteiger partial charge in [0.1, 0.15) is 11.5 Å². The smallest absolute Gasteiger partial charge is 0.298 e. The molecule has 5 aromatic rings. The maximum atomic E-state index is 13.5. The molecule has 7 heteroatoms. The molecule has 0 radical (unpaired) electrons. The molecule has 0 bridgehead atoms. The number of anilines is 3. The van der Waals surface area contributed by atoms with E-state index in [1.54, 1.807) is 4.40 Å². The van der Waals surface area contributed by atoms with Crippen molar-refractivity contribution in [3.8, 4) is 11.1 Å². The highest BCUT2D eigenvalue weighted by Crippen LogP contribution is 2.28. The van der Waals surface area contributed by atoms with Gasteiger partial charge in [0.05, 0.1) is 0 Å². The second-order valence-corrected chi connectivity index (χ2v) is 10.4. The minimum Gasteiger partial charge on any atom is -0.375 e. The van der Waals surface area contributed by atoms with Crippen LogP contribution in [0.5, 0.6) is 0 Å². The molecule has 1 N–H and O–H groups in total. The summed E-state index contributed by atoms with van der Waals surface area (Å²) in [6.07, 6.45) is 2.77. The molecule has 0 saturated heterocycles. The Labute approximate surface area is 241 Å². The molecular weight excluding hydrogens is 510 g/mol. The second-order valence-electron chi connectivity index (χ2n) is 10.4. The van der Waals surface area contributed by atoms with E-state index in [9.17, 15) is 9.59 Å². The number of ketones is 1. The highest BCUT2D eigenvalue weighted by molar-refractivity contribution is 6.47. The highest BCUT2D eigenvalue weighted by atomic mass is 16.2. The maximum Gasteiger partial charge on any atom is 0.298 e. The quantitative estimate of drug-likeness (QED) is 0.162. The van der Waals surface area contributed by atoms with Crippen molar-refractivity contribution < 1.29 is 9.59 Å². The molecule has 0 aliphatic rings. The topological polar surface area (TPSA) is 70.0 Å². The van der Waals surface area contributed by atoms with Gasteiger partial charge in [-0.05, 0) is 86.0 Å². The van der Waals surface area contributed by atoms with Crippen molar-refractivity contribution in [2.75, 3.05) is 42.3 Å². The van der Waals surface area contributed by atoms with Gasteiger partial charge in [0.2, 0.25) is 0 Å². The van der Waals surface area contributed by atoms with Crippen LogP contribution >= 0.6 is 0 Å². The third-order valence-electron chi connectivity index (χ3n) is 7.21. The van der Waals surface area contributed by atoms with Gasteiger partial charge < -0.3 is 19.5 Å². The Balaban J connectivity index is 1.22. The molecule has 2 aromatic carbocycles. The van der Waals surface area contributed by atoms with Gasteiger partial charge in [-0.1, -0.05) is 36.4 Å². The van der Waals surface area contributed by atoms with Gasteiger partial charge in [-0.2, -0.15) is 0 Å². The monoisotopic (exact) mass is 545 g/mol. The molecule has 3 heterocycles. The molecule has 0 aliphatic heterocycles. The summed E-state index contributed by atoms with van der Waals surface area (Å²) in [7, 11) is 4.12. The Morgan fingerprint density at radius 1 is 0.829 bits per heavy atom. The first-order valence-corrected chi connectivity index (χ1v) is 13.8. The first-order valence-electron chi connectivity index (χ1n) is 13.8. The number of nitrogens with zero attached hydrogens (tertiary/aromatic N) is 4. The van der Waals surface area contributed by atoms with Crippen LogP contribution in [0.15, 0.2) is 97.2 Å². The summed E-state index contributed by atoms with van der Waals surface area (Å²) < 4.78 is 1.77. The first kappa shape index (κ1) is 27.6. The van der Waals surface area contributed by atoms with E-state index in [2.05, 4.69) is 53.3 Å². The number of rotatable bonds is 10. The first-order chi connectivity index (χ1) is 19.8. The Hall–Kier alpha value is -4.91. The van der Waals surface area contributed by atoms with Gasteiger partial charge in [-0.25, -0.2) is 4.98 Å². The molecular formula is C34H35N5O2. The number of carbonyl (C=O) groups is 2. The standard InChI is InChI=1S/C34H35N5O2/c1-24-21-25(2)35-31(22-24)38(4)19-10-18-37(3)28-16-14-27(15-17-28)36-34(41)33(40)32-30(26-11-6-5-7-12-26)23-29-13-8-9-20-39(29)32/h5-9,11-17,20-23H,10,18-19H2,1-4H3,(H,36,41). The minimum absolute atomic E-state index is 0.349. The third kappa shape index (κ3) is 6.30. The van der Waals surface area contributed by atoms with Gasteiger partial charge in [0, 0.05) is 61.5 Å². The summed E-state index contributed by atoms with van der Waals surface area (Å²) in [4.78, 5) is 35.6. The molecule has 5 rings (SSSR count). The predicted octanol–water partition coefficient (Wildman–Crippen LogP) is 6.40. The predicted molar refractivity (Wildman–Crippen MR) is 167 cm³/mol. The third-order valence-corrected chi connectivity index (χ3v) is 7.21. The fourth-order valence-corrected chi connectivity index (χ4v) is 5.09. The van der Waals surface area contributed by atoms with E-state index in [4.69, 9.17) is 0 Å². The number of hydrogen-bond donors (Lipinski definition) is 1. The van der Waals surface area contributed by atoms with Gasteiger partial charge >= 0.3 is 0 Å². The summed E-state index contributed by atoms with van der Waals surface area (Å²) >= 11 is 0. The van der Waals surface area contributed by atoms with Crippen LogP contribution < -0.4 is 15.1 Å². The number of benzene rings is 2. The van der Waals surface area contributed by atoms with Gasteiger partial charge in [0.25, 0.3) is 11.7 Å². The lowest BCUT2D eigenvalue weighted by Gasteiger charge is -2.23. The average Bonchev–Trinajstić information content (AvgIpc) is 3.36. The molecule has 0 spiro atoms. The lowest BCUT2D eigenvalue weighted by atomic mass is 10.0. The van der Waals surface area contributed by atoms with Crippen LogP contribution in [-0.4, -0.2) is 48.3 Å². The van der Waals surface area contributed by atoms with Crippen LogP contribution in [0.25, 0.3) is 16.6 Å². The van der Waals surface area contributed by atoms with Crippen LogP contribution in [0.4, 0.5) is 17.2 Å². The van der Waals surface area contributed by atoms with E-state index >= 15 is 0 Å². The van der Waals surface area contributed by atoms with Crippen molar-refractivity contribution in [1.82, 2.24) is 9.38 Å². The van der Waals surface area contributed by atoms with Crippen molar-refractivity contribution in [3.63, 3.8) is 0 Å². The SMILES string of the molecule is Cc1cc(C)nc(N(C)CCCN(C)c2ccc(NC(=O)C(=O)c3c(-c4ccccc4)cc4ccccn34)cc2)c1. The van der Waals surface area contributed by atoms with Crippen LogP contribution in [0.2, 0.25) is 0 Å². The summed E-state index contributed by atoms with van der Waals surface area (Å²) in [5.74, 6) is -0.266. The number of pyridine rings is 2. The van der Waals surface area contributed by atoms with Crippen molar-refractivity contribution in [2.24, 2.45) is 0 Å².